The fraction of sp³-hybridized carbons (Fsp3) is 0.222. The van der Waals surface area contributed by atoms with Crippen LogP contribution in [0.15, 0.2) is 48.8 Å². The van der Waals surface area contributed by atoms with Gasteiger partial charge in [-0.1, -0.05) is 12.1 Å². The van der Waals surface area contributed by atoms with E-state index in [0.717, 1.165) is 11.0 Å². The van der Waals surface area contributed by atoms with Crippen LogP contribution in [0.5, 0.6) is 5.75 Å². The lowest BCUT2D eigenvalue weighted by molar-refractivity contribution is 0.0623. The van der Waals surface area contributed by atoms with Crippen molar-refractivity contribution in [1.29, 1.82) is 0 Å². The number of nitrogens with one attached hydrogen (secondary N) is 1. The van der Waals surface area contributed by atoms with Crippen LogP contribution in [-0.4, -0.2) is 62.9 Å². The number of H-pyrrole nitrogens is 1. The number of nitrogens with zero attached hydrogens (tertiary/aromatic N) is 4. The van der Waals surface area contributed by atoms with Gasteiger partial charge in [0.05, 0.1) is 17.2 Å². The van der Waals surface area contributed by atoms with E-state index in [4.69, 9.17) is 4.74 Å². The maximum Gasteiger partial charge on any atom is 0.415 e. The lowest BCUT2D eigenvalue weighted by atomic mass is 10.3. The van der Waals surface area contributed by atoms with Crippen molar-refractivity contribution in [2.75, 3.05) is 26.2 Å². The first-order valence-electron chi connectivity index (χ1n) is 8.31. The van der Waals surface area contributed by atoms with Crippen molar-refractivity contribution in [2.24, 2.45) is 0 Å². The first-order chi connectivity index (χ1) is 12.7. The first-order valence-corrected chi connectivity index (χ1v) is 8.31. The minimum Gasteiger partial charge on any atom is -0.409 e. The summed E-state index contributed by atoms with van der Waals surface area (Å²) in [4.78, 5) is 39.4. The zero-order chi connectivity index (χ0) is 17.9. The summed E-state index contributed by atoms with van der Waals surface area (Å²) in [6.45, 7) is 1.67. The zero-order valence-corrected chi connectivity index (χ0v) is 14.0. The largest absolute Gasteiger partial charge is 0.415 e. The molecular weight excluding hydrogens is 334 g/mol. The number of hydrogen-bond donors (Lipinski definition) is 1. The lowest BCUT2D eigenvalue weighted by Gasteiger charge is -2.33. The van der Waals surface area contributed by atoms with Gasteiger partial charge in [-0.3, -0.25) is 9.78 Å². The van der Waals surface area contributed by atoms with Crippen LogP contribution in [0, 0.1) is 0 Å². The molecule has 0 aliphatic carbocycles. The summed E-state index contributed by atoms with van der Waals surface area (Å²) in [6, 6.07) is 10.9. The van der Waals surface area contributed by atoms with E-state index < -0.39 is 6.09 Å². The Balaban J connectivity index is 1.37. The monoisotopic (exact) mass is 351 g/mol. The molecule has 0 radical (unpaired) electrons. The number of ether oxygens (including phenoxy) is 1. The molecule has 0 bridgehead atoms. The van der Waals surface area contributed by atoms with Crippen LogP contribution >= 0.6 is 0 Å². The number of rotatable bonds is 2. The summed E-state index contributed by atoms with van der Waals surface area (Å²) in [5.41, 5.74) is 1.59. The number of piperazine rings is 1. The number of aromatic amines is 1. The third kappa shape index (κ3) is 3.21. The number of aromatic nitrogens is 3. The van der Waals surface area contributed by atoms with Gasteiger partial charge in [0.1, 0.15) is 0 Å². The molecule has 1 aliphatic rings. The second-order valence-corrected chi connectivity index (χ2v) is 5.94. The predicted molar refractivity (Wildman–Crippen MR) is 93.8 cm³/mol. The summed E-state index contributed by atoms with van der Waals surface area (Å²) in [5, 5.41) is 0. The maximum absolute atomic E-state index is 12.6. The molecule has 0 spiro atoms. The minimum absolute atomic E-state index is 0.165. The van der Waals surface area contributed by atoms with E-state index in [1.807, 2.05) is 24.3 Å². The molecule has 0 atom stereocenters. The maximum atomic E-state index is 12.6. The molecule has 2 aromatic heterocycles. The molecule has 26 heavy (non-hydrogen) atoms. The molecule has 1 aliphatic heterocycles. The summed E-state index contributed by atoms with van der Waals surface area (Å²) in [5.74, 6) is 0.553. The first kappa shape index (κ1) is 16.1. The van der Waals surface area contributed by atoms with Gasteiger partial charge in [-0.25, -0.2) is 9.78 Å². The highest BCUT2D eigenvalue weighted by molar-refractivity contribution is 5.94. The molecule has 1 aromatic carbocycles. The number of benzene rings is 1. The fourth-order valence-electron chi connectivity index (χ4n) is 2.87. The van der Waals surface area contributed by atoms with E-state index >= 15 is 0 Å². The number of para-hydroxylation sites is 2. The van der Waals surface area contributed by atoms with Crippen molar-refractivity contribution in [3.63, 3.8) is 0 Å². The number of carbonyl (C=O) groups is 2. The molecule has 3 heterocycles. The third-order valence-corrected chi connectivity index (χ3v) is 4.26. The Bertz CT molecular complexity index is 899. The van der Waals surface area contributed by atoms with Crippen molar-refractivity contribution in [2.45, 2.75) is 0 Å². The molecule has 1 N–H and O–H groups in total. The molecule has 0 unspecified atom stereocenters. The quantitative estimate of drug-likeness (QED) is 0.761. The number of pyridine rings is 1. The number of amides is 2. The van der Waals surface area contributed by atoms with E-state index in [2.05, 4.69) is 15.0 Å². The highest BCUT2D eigenvalue weighted by Gasteiger charge is 2.27. The highest BCUT2D eigenvalue weighted by Crippen LogP contribution is 2.14. The second-order valence-electron chi connectivity index (χ2n) is 5.94. The SMILES string of the molecule is O=C(Oc1cccnc1)N1CCN(C(=O)c2nc3ccccc3[nH]2)CC1. The highest BCUT2D eigenvalue weighted by atomic mass is 16.6. The topological polar surface area (TPSA) is 91.4 Å². The van der Waals surface area contributed by atoms with Crippen molar-refractivity contribution in [3.05, 3.63) is 54.6 Å². The molecule has 2 amide bonds. The van der Waals surface area contributed by atoms with Gasteiger partial charge in [0.15, 0.2) is 11.6 Å². The van der Waals surface area contributed by atoms with Crippen LogP contribution in [0.3, 0.4) is 0 Å². The van der Waals surface area contributed by atoms with Gasteiger partial charge < -0.3 is 19.5 Å². The minimum atomic E-state index is -0.436. The number of carbonyl (C=O) groups excluding carboxylic acids is 2. The summed E-state index contributed by atoms with van der Waals surface area (Å²) >= 11 is 0. The van der Waals surface area contributed by atoms with E-state index in [1.165, 1.54) is 6.20 Å². The molecule has 3 aromatic rings. The molecule has 1 saturated heterocycles. The van der Waals surface area contributed by atoms with E-state index in [1.54, 1.807) is 28.1 Å². The van der Waals surface area contributed by atoms with Crippen LogP contribution < -0.4 is 4.74 Å². The average molecular weight is 351 g/mol. The van der Waals surface area contributed by atoms with Crippen LogP contribution in [0.2, 0.25) is 0 Å². The Kier molecular flexibility index (Phi) is 4.22. The Morgan fingerprint density at radius 1 is 1.00 bits per heavy atom. The Morgan fingerprint density at radius 2 is 1.77 bits per heavy atom. The summed E-state index contributed by atoms with van der Waals surface area (Å²) in [7, 11) is 0. The van der Waals surface area contributed by atoms with Crippen LogP contribution in [0.25, 0.3) is 11.0 Å². The Labute approximate surface area is 149 Å². The molecular formula is C18H17N5O3. The van der Waals surface area contributed by atoms with Crippen LogP contribution in [0.1, 0.15) is 10.6 Å². The van der Waals surface area contributed by atoms with E-state index in [9.17, 15) is 9.59 Å². The predicted octanol–water partition coefficient (Wildman–Crippen LogP) is 1.91. The lowest BCUT2D eigenvalue weighted by Crippen LogP contribution is -2.51. The van der Waals surface area contributed by atoms with Gasteiger partial charge in [0.25, 0.3) is 5.91 Å². The molecule has 0 saturated carbocycles. The van der Waals surface area contributed by atoms with E-state index in [0.29, 0.717) is 37.8 Å². The van der Waals surface area contributed by atoms with Gasteiger partial charge >= 0.3 is 6.09 Å². The van der Waals surface area contributed by atoms with Crippen LogP contribution in [-0.2, 0) is 0 Å². The number of imidazole rings is 1. The van der Waals surface area contributed by atoms with Crippen molar-refractivity contribution in [3.8, 4) is 5.75 Å². The fourth-order valence-corrected chi connectivity index (χ4v) is 2.87. The van der Waals surface area contributed by atoms with Gasteiger partial charge in [-0.15, -0.1) is 0 Å². The third-order valence-electron chi connectivity index (χ3n) is 4.26. The van der Waals surface area contributed by atoms with Crippen molar-refractivity contribution >= 4 is 23.0 Å². The van der Waals surface area contributed by atoms with Gasteiger partial charge in [0.2, 0.25) is 0 Å². The molecule has 8 heteroatoms. The summed E-state index contributed by atoms with van der Waals surface area (Å²) in [6.07, 6.45) is 2.66. The zero-order valence-electron chi connectivity index (χ0n) is 14.0. The van der Waals surface area contributed by atoms with Gasteiger partial charge in [-0.05, 0) is 24.3 Å². The van der Waals surface area contributed by atoms with E-state index in [-0.39, 0.29) is 5.91 Å². The molecule has 132 valence electrons. The Hall–Kier alpha value is -3.42. The molecule has 8 nitrogen and oxygen atoms in total. The normalized spacial score (nSPS) is 14.5. The van der Waals surface area contributed by atoms with Crippen molar-refractivity contribution in [1.82, 2.24) is 24.8 Å². The average Bonchev–Trinajstić information content (AvgIpc) is 3.12. The smallest absolute Gasteiger partial charge is 0.409 e. The van der Waals surface area contributed by atoms with Gasteiger partial charge in [-0.2, -0.15) is 0 Å². The molecule has 4 rings (SSSR count). The van der Waals surface area contributed by atoms with Gasteiger partial charge in [0, 0.05) is 32.4 Å². The van der Waals surface area contributed by atoms with Crippen LogP contribution in [0.4, 0.5) is 4.79 Å². The van der Waals surface area contributed by atoms with Crippen molar-refractivity contribution < 1.29 is 14.3 Å². The summed E-state index contributed by atoms with van der Waals surface area (Å²) < 4.78 is 5.28. The Morgan fingerprint density at radius 3 is 2.50 bits per heavy atom. The number of hydrogen-bond acceptors (Lipinski definition) is 5. The standard InChI is InChI=1S/C18H17N5O3/c24-17(16-20-14-5-1-2-6-15(14)21-16)22-8-10-23(11-9-22)18(25)26-13-4-3-7-19-12-13/h1-7,12H,8-11H2,(H,20,21). The number of fused-ring (bicyclic) bond motifs is 1. The second kappa shape index (κ2) is 6.83. The molecule has 1 fully saturated rings.